The summed E-state index contributed by atoms with van der Waals surface area (Å²) in [6.07, 6.45) is 0. The van der Waals surface area contributed by atoms with Crippen molar-refractivity contribution in [2.24, 2.45) is 0 Å². The molecule has 0 aromatic heterocycles. The van der Waals surface area contributed by atoms with Crippen molar-refractivity contribution in [2.75, 3.05) is 4.90 Å². The summed E-state index contributed by atoms with van der Waals surface area (Å²) in [5.74, 6) is 0. The first kappa shape index (κ1) is 35.9. The highest BCUT2D eigenvalue weighted by Crippen LogP contribution is 2.64. The minimum absolute atomic E-state index is 0. The number of fused-ring (bicyclic) bond motifs is 13. The van der Waals surface area contributed by atoms with Gasteiger partial charge in [-0.1, -0.05) is 197 Å². The summed E-state index contributed by atoms with van der Waals surface area (Å²) in [7, 11) is 0. The van der Waals surface area contributed by atoms with Crippen LogP contribution in [-0.4, -0.2) is 0 Å². The number of rotatable bonds is 5. The van der Waals surface area contributed by atoms with E-state index < -0.39 is 0 Å². The predicted molar refractivity (Wildman–Crippen MR) is 255 cm³/mol. The topological polar surface area (TPSA) is 3.24 Å². The van der Waals surface area contributed by atoms with Crippen molar-refractivity contribution in [1.82, 2.24) is 0 Å². The average molecular weight is 770 g/mol. The van der Waals surface area contributed by atoms with E-state index >= 15 is 0 Å². The highest BCUT2D eigenvalue weighted by Gasteiger charge is 2.52. The zero-order chi connectivity index (χ0) is 39.3. The second-order valence-corrected chi connectivity index (χ2v) is 16.8. The van der Waals surface area contributed by atoms with Crippen LogP contribution in [0.2, 0.25) is 0 Å². The average Bonchev–Trinajstić information content (AvgIpc) is 3.86. The molecule has 1 heteroatoms. The maximum atomic E-state index is 2.44. The Bertz CT molecular complexity index is 3090. The van der Waals surface area contributed by atoms with Gasteiger partial charge < -0.3 is 4.90 Å². The van der Waals surface area contributed by atoms with Gasteiger partial charge in [-0.05, 0) is 125 Å². The second-order valence-electron chi connectivity index (χ2n) is 16.8. The largest absolute Gasteiger partial charge is 0.310 e. The summed E-state index contributed by atoms with van der Waals surface area (Å²) in [6.45, 7) is 4.73. The lowest BCUT2D eigenvalue weighted by atomic mass is 9.70. The first-order valence-corrected chi connectivity index (χ1v) is 20.8. The fraction of sp³-hybridized carbons (Fsp3) is 0.0847. The van der Waals surface area contributed by atoms with Gasteiger partial charge in [-0.15, -0.1) is 0 Å². The van der Waals surface area contributed by atoms with Crippen LogP contribution in [0.4, 0.5) is 17.1 Å². The summed E-state index contributed by atoms with van der Waals surface area (Å²) in [5, 5.41) is 0. The van der Waals surface area contributed by atoms with Gasteiger partial charge in [0.15, 0.2) is 0 Å². The third-order valence-corrected chi connectivity index (χ3v) is 13.5. The molecule has 0 saturated carbocycles. The van der Waals surface area contributed by atoms with E-state index in [-0.39, 0.29) is 19.7 Å². The number of hydrogen-bond acceptors (Lipinski definition) is 1. The van der Waals surface area contributed by atoms with Gasteiger partial charge in [-0.2, -0.15) is 0 Å². The van der Waals surface area contributed by atoms with Gasteiger partial charge in [-0.3, -0.25) is 0 Å². The van der Waals surface area contributed by atoms with Crippen LogP contribution in [0.5, 0.6) is 0 Å². The normalized spacial score (nSPS) is 14.0. The monoisotopic (exact) mass is 769 g/mol. The van der Waals surface area contributed by atoms with Gasteiger partial charge >= 0.3 is 0 Å². The Kier molecular flexibility index (Phi) is 8.03. The Morgan fingerprint density at radius 3 is 1.45 bits per heavy atom. The molecular formula is C59H47N. The van der Waals surface area contributed by atoms with Gasteiger partial charge in [0, 0.05) is 23.9 Å². The minimum atomic E-state index is -0.381. The van der Waals surface area contributed by atoms with Crippen molar-refractivity contribution in [3.63, 3.8) is 0 Å². The fourth-order valence-corrected chi connectivity index (χ4v) is 10.9. The van der Waals surface area contributed by atoms with E-state index in [1.54, 1.807) is 0 Å². The van der Waals surface area contributed by atoms with Crippen LogP contribution in [0.25, 0.3) is 55.6 Å². The van der Waals surface area contributed by atoms with Gasteiger partial charge in [-0.25, -0.2) is 0 Å². The molecule has 1 spiro atoms. The van der Waals surface area contributed by atoms with Crippen molar-refractivity contribution in [2.45, 2.75) is 32.1 Å². The molecule has 0 N–H and O–H groups in total. The molecule has 3 aliphatic rings. The summed E-state index contributed by atoms with van der Waals surface area (Å²) in [6, 6.07) is 79.1. The van der Waals surface area contributed by atoms with Crippen molar-refractivity contribution in [1.29, 1.82) is 0 Å². The molecule has 0 radical (unpaired) electrons. The number of anilines is 3. The van der Waals surface area contributed by atoms with Crippen LogP contribution in [0, 0.1) is 0 Å². The Hall–Kier alpha value is -7.22. The zero-order valence-electron chi connectivity index (χ0n) is 33.2. The van der Waals surface area contributed by atoms with E-state index in [0.717, 1.165) is 17.1 Å². The van der Waals surface area contributed by atoms with Crippen LogP contribution >= 0.6 is 0 Å². The number of hydrogen-bond donors (Lipinski definition) is 0. The van der Waals surface area contributed by atoms with E-state index in [9.17, 15) is 0 Å². The van der Waals surface area contributed by atoms with Gasteiger partial charge in [0.25, 0.3) is 0 Å². The second kappa shape index (κ2) is 13.4. The summed E-state index contributed by atoms with van der Waals surface area (Å²) in [4.78, 5) is 2.44. The molecule has 288 valence electrons. The first-order chi connectivity index (χ1) is 29.0. The standard InChI is InChI=1S/C58H41N.CH4.H2/c1-57(2)50-25-10-6-20-45(50)48-35-34-43(37-55(48)57)59(41-32-30-39(31-33-41)38-16-4-3-5-17-38)42-19-14-18-40(36-42)44-24-15-29-54-56(44)49-23-9-13-28-53(49)58(54)51-26-11-7-21-46(51)47-22-8-12-27-52(47)58;;/h3-37H,1-2H3;1H4;1H. The van der Waals surface area contributed by atoms with E-state index in [1.165, 1.54) is 89.0 Å². The molecule has 0 aliphatic heterocycles. The minimum Gasteiger partial charge on any atom is -0.310 e. The summed E-state index contributed by atoms with van der Waals surface area (Å²) in [5.41, 5.74) is 23.9. The van der Waals surface area contributed by atoms with Crippen molar-refractivity contribution >= 4 is 17.1 Å². The Labute approximate surface area is 355 Å². The molecule has 0 amide bonds. The SMILES string of the molecule is C.CC1(C)c2ccccc2-c2ccc(N(c3ccc(-c4ccccc4)cc3)c3cccc(-c4cccc5c4-c4ccccc4C54c5ccccc5-c5ccccc54)c3)cc21.[HH]. The molecule has 12 rings (SSSR count). The highest BCUT2D eigenvalue weighted by atomic mass is 15.1. The van der Waals surface area contributed by atoms with Gasteiger partial charge in [0.05, 0.1) is 5.41 Å². The molecule has 60 heavy (non-hydrogen) atoms. The fourth-order valence-electron chi connectivity index (χ4n) is 10.9. The van der Waals surface area contributed by atoms with Crippen LogP contribution in [0.1, 0.15) is 56.1 Å². The summed E-state index contributed by atoms with van der Waals surface area (Å²) < 4.78 is 0. The molecular weight excluding hydrogens is 723 g/mol. The molecule has 0 fully saturated rings. The molecule has 1 nitrogen and oxygen atoms in total. The molecule has 0 unspecified atom stereocenters. The molecule has 3 aliphatic carbocycles. The molecule has 0 saturated heterocycles. The zero-order valence-corrected chi connectivity index (χ0v) is 33.2. The van der Waals surface area contributed by atoms with E-state index in [1.807, 2.05) is 0 Å². The maximum Gasteiger partial charge on any atom is 0.0725 e. The maximum absolute atomic E-state index is 2.44. The van der Waals surface area contributed by atoms with Crippen molar-refractivity contribution < 1.29 is 1.43 Å². The molecule has 0 atom stereocenters. The van der Waals surface area contributed by atoms with Crippen LogP contribution in [-0.2, 0) is 10.8 Å². The summed E-state index contributed by atoms with van der Waals surface area (Å²) >= 11 is 0. The third-order valence-electron chi connectivity index (χ3n) is 13.5. The Balaban J connectivity index is 0.00000223. The molecule has 9 aromatic rings. The predicted octanol–water partition coefficient (Wildman–Crippen LogP) is 16.0. The number of benzene rings is 9. The van der Waals surface area contributed by atoms with Crippen LogP contribution < -0.4 is 4.90 Å². The number of nitrogens with zero attached hydrogens (tertiary/aromatic N) is 1. The Morgan fingerprint density at radius 1 is 0.317 bits per heavy atom. The molecule has 0 bridgehead atoms. The van der Waals surface area contributed by atoms with E-state index in [0.29, 0.717) is 0 Å². The van der Waals surface area contributed by atoms with E-state index in [2.05, 4.69) is 231 Å². The van der Waals surface area contributed by atoms with E-state index in [4.69, 9.17) is 0 Å². The molecule has 0 heterocycles. The molecule has 9 aromatic carbocycles. The lowest BCUT2D eigenvalue weighted by Crippen LogP contribution is -2.25. The Morgan fingerprint density at radius 2 is 0.767 bits per heavy atom. The van der Waals surface area contributed by atoms with Crippen LogP contribution in [0.3, 0.4) is 0 Å². The van der Waals surface area contributed by atoms with Gasteiger partial charge in [0.1, 0.15) is 0 Å². The highest BCUT2D eigenvalue weighted by molar-refractivity contribution is 6.00. The lowest BCUT2D eigenvalue weighted by molar-refractivity contribution is 0.660. The van der Waals surface area contributed by atoms with Crippen LogP contribution in [0.15, 0.2) is 212 Å². The third kappa shape index (κ3) is 4.93. The quantitative estimate of drug-likeness (QED) is 0.169. The van der Waals surface area contributed by atoms with Crippen molar-refractivity contribution in [3.8, 4) is 55.6 Å². The lowest BCUT2D eigenvalue weighted by Gasteiger charge is -2.30. The van der Waals surface area contributed by atoms with Crippen molar-refractivity contribution in [3.05, 3.63) is 246 Å². The smallest absolute Gasteiger partial charge is 0.0725 e. The van der Waals surface area contributed by atoms with Gasteiger partial charge in [0.2, 0.25) is 0 Å². The first-order valence-electron chi connectivity index (χ1n) is 20.8.